The third-order valence-corrected chi connectivity index (χ3v) is 4.86. The summed E-state index contributed by atoms with van der Waals surface area (Å²) < 4.78 is 0. The molecule has 0 aliphatic carbocycles. The smallest absolute Gasteiger partial charge is 0.295 e. The van der Waals surface area contributed by atoms with Crippen LogP contribution in [0.1, 0.15) is 24.0 Å². The first-order chi connectivity index (χ1) is 12.5. The molecule has 1 aromatic carbocycles. The van der Waals surface area contributed by atoms with Gasteiger partial charge in [-0.2, -0.15) is 0 Å². The molecule has 7 heteroatoms. The predicted octanol–water partition coefficient (Wildman–Crippen LogP) is 3.46. The van der Waals surface area contributed by atoms with E-state index < -0.39 is 0 Å². The van der Waals surface area contributed by atoms with E-state index in [4.69, 9.17) is 0 Å². The molecular weight excluding hydrogens is 332 g/mol. The fourth-order valence-electron chi connectivity index (χ4n) is 3.35. The fraction of sp³-hybridized carbons (Fsp3) is 0.368. The number of amides is 1. The quantitative estimate of drug-likeness (QED) is 0.671. The summed E-state index contributed by atoms with van der Waals surface area (Å²) in [6.45, 7) is 4.88. The van der Waals surface area contributed by atoms with E-state index in [0.717, 1.165) is 5.56 Å². The Morgan fingerprint density at radius 2 is 1.88 bits per heavy atom. The standard InChI is InChI=1S/C19H22N4O3/c1-13-5-3-7-16(17(13)23(25)26)22-11-8-15(9-12-22)19(24)21-18-14(2)6-4-10-20-18/h3-7,10,15H,8-9,11-12H2,1-2H3,(H,20,21,24). The third kappa shape index (κ3) is 3.66. The van der Waals surface area contributed by atoms with E-state index in [1.165, 1.54) is 0 Å². The Morgan fingerprint density at radius 3 is 2.54 bits per heavy atom. The zero-order valence-corrected chi connectivity index (χ0v) is 14.9. The van der Waals surface area contributed by atoms with Crippen LogP contribution >= 0.6 is 0 Å². The number of nitro benzene ring substituents is 1. The molecule has 0 saturated carbocycles. The van der Waals surface area contributed by atoms with Crippen molar-refractivity contribution in [2.45, 2.75) is 26.7 Å². The lowest BCUT2D eigenvalue weighted by Crippen LogP contribution is -2.38. The van der Waals surface area contributed by atoms with Crippen LogP contribution in [-0.2, 0) is 4.79 Å². The van der Waals surface area contributed by atoms with Gasteiger partial charge in [0.05, 0.1) is 4.92 Å². The first kappa shape index (κ1) is 17.8. The first-order valence-corrected chi connectivity index (χ1v) is 8.69. The van der Waals surface area contributed by atoms with Crippen LogP contribution in [0.5, 0.6) is 0 Å². The zero-order valence-electron chi connectivity index (χ0n) is 14.9. The number of rotatable bonds is 4. The van der Waals surface area contributed by atoms with Crippen molar-refractivity contribution < 1.29 is 9.72 Å². The van der Waals surface area contributed by atoms with Crippen LogP contribution in [0.4, 0.5) is 17.2 Å². The molecule has 136 valence electrons. The Kier molecular flexibility index (Phi) is 5.16. The van der Waals surface area contributed by atoms with Gasteiger partial charge in [-0.1, -0.05) is 18.2 Å². The maximum atomic E-state index is 12.5. The van der Waals surface area contributed by atoms with Gasteiger partial charge in [-0.25, -0.2) is 4.98 Å². The van der Waals surface area contributed by atoms with Crippen LogP contribution < -0.4 is 10.2 Å². The highest BCUT2D eigenvalue weighted by Crippen LogP contribution is 2.34. The van der Waals surface area contributed by atoms with E-state index in [-0.39, 0.29) is 22.4 Å². The van der Waals surface area contributed by atoms with Gasteiger partial charge in [-0.15, -0.1) is 0 Å². The van der Waals surface area contributed by atoms with E-state index >= 15 is 0 Å². The predicted molar refractivity (Wildman–Crippen MR) is 100 cm³/mol. The number of piperidine rings is 1. The Bertz CT molecular complexity index is 829. The summed E-state index contributed by atoms with van der Waals surface area (Å²) in [4.78, 5) is 29.8. The van der Waals surface area contributed by atoms with Crippen molar-refractivity contribution in [3.8, 4) is 0 Å². The number of carbonyl (C=O) groups is 1. The number of anilines is 2. The lowest BCUT2D eigenvalue weighted by atomic mass is 9.95. The van der Waals surface area contributed by atoms with E-state index in [9.17, 15) is 14.9 Å². The molecule has 1 fully saturated rings. The highest BCUT2D eigenvalue weighted by Gasteiger charge is 2.29. The van der Waals surface area contributed by atoms with Crippen molar-refractivity contribution in [3.63, 3.8) is 0 Å². The summed E-state index contributed by atoms with van der Waals surface area (Å²) in [5.41, 5.74) is 2.36. The maximum Gasteiger partial charge on any atom is 0.295 e. The number of pyridine rings is 1. The van der Waals surface area contributed by atoms with Crippen molar-refractivity contribution in [1.29, 1.82) is 0 Å². The summed E-state index contributed by atoms with van der Waals surface area (Å²) >= 11 is 0. The van der Waals surface area contributed by atoms with E-state index in [2.05, 4.69) is 10.3 Å². The molecule has 0 spiro atoms. The summed E-state index contributed by atoms with van der Waals surface area (Å²) in [5.74, 6) is 0.441. The van der Waals surface area contributed by atoms with Crippen LogP contribution in [0.3, 0.4) is 0 Å². The van der Waals surface area contributed by atoms with Crippen LogP contribution in [0.15, 0.2) is 36.5 Å². The molecular formula is C19H22N4O3. The van der Waals surface area contributed by atoms with Gasteiger partial charge in [0.25, 0.3) is 5.69 Å². The molecule has 3 rings (SSSR count). The van der Waals surface area contributed by atoms with Crippen LogP contribution in [0.2, 0.25) is 0 Å². The lowest BCUT2D eigenvalue weighted by Gasteiger charge is -2.32. The Hall–Kier alpha value is -2.96. The van der Waals surface area contributed by atoms with Gasteiger partial charge in [0.15, 0.2) is 0 Å². The van der Waals surface area contributed by atoms with Crippen molar-refractivity contribution in [1.82, 2.24) is 4.98 Å². The molecule has 1 aliphatic rings. The summed E-state index contributed by atoms with van der Waals surface area (Å²) in [6, 6.07) is 9.10. The van der Waals surface area contributed by atoms with Gasteiger partial charge in [0, 0.05) is 30.8 Å². The fourth-order valence-corrected chi connectivity index (χ4v) is 3.35. The minimum atomic E-state index is -0.326. The zero-order chi connectivity index (χ0) is 18.7. The molecule has 1 saturated heterocycles. The molecule has 1 aliphatic heterocycles. The SMILES string of the molecule is Cc1cccnc1NC(=O)C1CCN(c2cccc(C)c2[N+](=O)[O-])CC1. The van der Waals surface area contributed by atoms with Crippen molar-refractivity contribution >= 4 is 23.1 Å². The second kappa shape index (κ2) is 7.51. The molecule has 1 aromatic heterocycles. The van der Waals surface area contributed by atoms with E-state index in [1.54, 1.807) is 25.3 Å². The van der Waals surface area contributed by atoms with E-state index in [1.807, 2.05) is 30.0 Å². The molecule has 0 bridgehead atoms. The molecule has 1 amide bonds. The monoisotopic (exact) mass is 354 g/mol. The second-order valence-corrected chi connectivity index (χ2v) is 6.62. The Balaban J connectivity index is 1.67. The number of nitrogens with zero attached hydrogens (tertiary/aromatic N) is 3. The summed E-state index contributed by atoms with van der Waals surface area (Å²) in [7, 11) is 0. The largest absolute Gasteiger partial charge is 0.366 e. The van der Waals surface area contributed by atoms with Gasteiger partial charge in [0.2, 0.25) is 5.91 Å². The number of aryl methyl sites for hydroxylation is 2. The molecule has 2 heterocycles. The Labute approximate surface area is 152 Å². The average Bonchev–Trinajstić information content (AvgIpc) is 2.63. The van der Waals surface area contributed by atoms with Crippen LogP contribution in [-0.4, -0.2) is 28.9 Å². The molecule has 7 nitrogen and oxygen atoms in total. The number of carbonyl (C=O) groups excluding carboxylic acids is 1. The lowest BCUT2D eigenvalue weighted by molar-refractivity contribution is -0.384. The highest BCUT2D eigenvalue weighted by molar-refractivity contribution is 5.92. The number of aromatic nitrogens is 1. The minimum Gasteiger partial charge on any atom is -0.366 e. The van der Waals surface area contributed by atoms with Crippen molar-refractivity contribution in [3.05, 3.63) is 57.8 Å². The first-order valence-electron chi connectivity index (χ1n) is 8.69. The third-order valence-electron chi connectivity index (χ3n) is 4.86. The molecule has 1 N–H and O–H groups in total. The number of nitro groups is 1. The number of benzene rings is 1. The maximum absolute atomic E-state index is 12.5. The molecule has 0 unspecified atom stereocenters. The Morgan fingerprint density at radius 1 is 1.19 bits per heavy atom. The molecule has 0 radical (unpaired) electrons. The summed E-state index contributed by atoms with van der Waals surface area (Å²) in [6.07, 6.45) is 2.97. The average molecular weight is 354 g/mol. The number of hydrogen-bond acceptors (Lipinski definition) is 5. The topological polar surface area (TPSA) is 88.4 Å². The van der Waals surface area contributed by atoms with E-state index in [0.29, 0.717) is 43.0 Å². The normalized spacial score (nSPS) is 14.9. The molecule has 2 aromatic rings. The van der Waals surface area contributed by atoms with Gasteiger partial charge < -0.3 is 10.2 Å². The molecule has 26 heavy (non-hydrogen) atoms. The second-order valence-electron chi connectivity index (χ2n) is 6.62. The van der Waals surface area contributed by atoms with Crippen molar-refractivity contribution in [2.24, 2.45) is 5.92 Å². The van der Waals surface area contributed by atoms with Gasteiger partial charge in [-0.05, 0) is 44.4 Å². The molecule has 0 atom stereocenters. The van der Waals surface area contributed by atoms with Crippen LogP contribution in [0, 0.1) is 29.9 Å². The van der Waals surface area contributed by atoms with Crippen molar-refractivity contribution in [2.75, 3.05) is 23.3 Å². The van der Waals surface area contributed by atoms with Crippen LogP contribution in [0.25, 0.3) is 0 Å². The number of nitrogens with one attached hydrogen (secondary N) is 1. The van der Waals surface area contributed by atoms with Gasteiger partial charge >= 0.3 is 0 Å². The van der Waals surface area contributed by atoms with Gasteiger partial charge in [0.1, 0.15) is 11.5 Å². The highest BCUT2D eigenvalue weighted by atomic mass is 16.6. The van der Waals surface area contributed by atoms with Gasteiger partial charge in [-0.3, -0.25) is 14.9 Å². The number of hydrogen-bond donors (Lipinski definition) is 1. The summed E-state index contributed by atoms with van der Waals surface area (Å²) in [5, 5.41) is 14.3. The number of para-hydroxylation sites is 1. The minimum absolute atomic E-state index is 0.0369.